The summed E-state index contributed by atoms with van der Waals surface area (Å²) in [6.45, 7) is 6.98. The smallest absolute Gasteiger partial charge is 0.0619 e. The monoisotopic (exact) mass is 698 g/mol. The van der Waals surface area contributed by atoms with Crippen molar-refractivity contribution in [2.45, 2.75) is 31.6 Å². The fourth-order valence-electron chi connectivity index (χ4n) is 10.6. The lowest BCUT2D eigenvalue weighted by atomic mass is 9.69. The van der Waals surface area contributed by atoms with Crippen LogP contribution in [0.1, 0.15) is 48.6 Å². The molecule has 0 bridgehead atoms. The lowest BCUT2D eigenvalue weighted by Crippen LogP contribution is -2.26. The van der Waals surface area contributed by atoms with E-state index < -0.39 is 5.41 Å². The molecule has 0 N–H and O–H groups in total. The first-order valence-corrected chi connectivity index (χ1v) is 19.6. The second-order valence-corrected chi connectivity index (χ2v) is 16.8. The van der Waals surface area contributed by atoms with Gasteiger partial charge in [-0.25, -0.2) is 0 Å². The normalized spacial score (nSPS) is 13.9. The third-order valence-corrected chi connectivity index (χ3v) is 12.9. The van der Waals surface area contributed by atoms with Gasteiger partial charge in [-0.15, -0.1) is 0 Å². The van der Waals surface area contributed by atoms with Gasteiger partial charge in [-0.3, -0.25) is 0 Å². The predicted octanol–water partition coefficient (Wildman–Crippen LogP) is 14.8. The van der Waals surface area contributed by atoms with E-state index in [0.29, 0.717) is 0 Å². The maximum Gasteiger partial charge on any atom is 0.0726 e. The molecule has 0 saturated heterocycles. The molecule has 1 spiro atoms. The fourth-order valence-corrected chi connectivity index (χ4v) is 10.6. The van der Waals surface area contributed by atoms with Gasteiger partial charge in [0.1, 0.15) is 0 Å². The first-order chi connectivity index (χ1) is 26.9. The van der Waals surface area contributed by atoms with Crippen molar-refractivity contribution in [2.75, 3.05) is 0 Å². The molecule has 0 heteroatoms. The molecule has 0 aromatic heterocycles. The Kier molecular flexibility index (Phi) is 6.07. The molecule has 2 aliphatic rings. The van der Waals surface area contributed by atoms with Crippen molar-refractivity contribution >= 4 is 53.9 Å². The van der Waals surface area contributed by atoms with Crippen molar-refractivity contribution < 1.29 is 0 Å². The van der Waals surface area contributed by atoms with Crippen LogP contribution in [-0.4, -0.2) is 0 Å². The Balaban J connectivity index is 1.23. The molecule has 0 aliphatic heterocycles. The van der Waals surface area contributed by atoms with Crippen LogP contribution in [0.4, 0.5) is 0 Å². The number of fused-ring (bicyclic) bond motifs is 10. The van der Waals surface area contributed by atoms with Crippen LogP contribution >= 0.6 is 0 Å². The number of rotatable bonds is 2. The molecule has 0 unspecified atom stereocenters. The van der Waals surface area contributed by atoms with Crippen molar-refractivity contribution in [1.29, 1.82) is 0 Å². The highest BCUT2D eigenvalue weighted by atomic mass is 14.5. The maximum absolute atomic E-state index is 2.58. The summed E-state index contributed by atoms with van der Waals surface area (Å²) in [5, 5.41) is 13.1. The zero-order valence-electron chi connectivity index (χ0n) is 31.2. The Morgan fingerprint density at radius 2 is 0.891 bits per heavy atom. The molecule has 55 heavy (non-hydrogen) atoms. The molecular formula is C55H38. The minimum absolute atomic E-state index is 0.00229. The SMILES string of the molecule is CC(C)(C)c1ccc2c(-c3cc4c5c(ccc6cccc(c65)C45c4ccccc4-c4ccccc45)c3)c3ccccc3c(-c3ccc4ccccc4c3)c2c1. The van der Waals surface area contributed by atoms with Crippen LogP contribution in [0.25, 0.3) is 87.2 Å². The average molecular weight is 699 g/mol. The highest BCUT2D eigenvalue weighted by molar-refractivity contribution is 6.24. The number of benzene rings is 10. The molecule has 0 radical (unpaired) electrons. The van der Waals surface area contributed by atoms with Crippen LogP contribution in [0.3, 0.4) is 0 Å². The molecule has 0 fully saturated rings. The summed E-state index contributed by atoms with van der Waals surface area (Å²) in [7, 11) is 0. The lowest BCUT2D eigenvalue weighted by molar-refractivity contribution is 0.591. The molecule has 0 atom stereocenters. The van der Waals surface area contributed by atoms with Gasteiger partial charge in [0.25, 0.3) is 0 Å². The lowest BCUT2D eigenvalue weighted by Gasteiger charge is -2.31. The second kappa shape index (κ2) is 10.8. The molecule has 258 valence electrons. The van der Waals surface area contributed by atoms with E-state index in [2.05, 4.69) is 197 Å². The van der Waals surface area contributed by atoms with Crippen molar-refractivity contribution in [1.82, 2.24) is 0 Å². The van der Waals surface area contributed by atoms with E-state index in [9.17, 15) is 0 Å². The Morgan fingerprint density at radius 1 is 0.345 bits per heavy atom. The summed E-state index contributed by atoms with van der Waals surface area (Å²) in [4.78, 5) is 0. The van der Waals surface area contributed by atoms with E-state index in [-0.39, 0.29) is 5.41 Å². The van der Waals surface area contributed by atoms with Crippen LogP contribution in [0.15, 0.2) is 176 Å². The van der Waals surface area contributed by atoms with E-state index in [0.717, 1.165) is 0 Å². The van der Waals surface area contributed by atoms with Crippen molar-refractivity contribution in [3.05, 3.63) is 204 Å². The van der Waals surface area contributed by atoms with E-state index >= 15 is 0 Å². The van der Waals surface area contributed by atoms with Crippen LogP contribution in [0.2, 0.25) is 0 Å². The summed E-state index contributed by atoms with van der Waals surface area (Å²) < 4.78 is 0. The van der Waals surface area contributed by atoms with Crippen molar-refractivity contribution in [3.8, 4) is 33.4 Å². The Morgan fingerprint density at radius 3 is 1.64 bits per heavy atom. The van der Waals surface area contributed by atoms with Crippen LogP contribution in [0, 0.1) is 0 Å². The van der Waals surface area contributed by atoms with Gasteiger partial charge in [-0.05, 0) is 145 Å². The van der Waals surface area contributed by atoms with Crippen molar-refractivity contribution in [3.63, 3.8) is 0 Å². The molecule has 2 aliphatic carbocycles. The van der Waals surface area contributed by atoms with Gasteiger partial charge in [0.05, 0.1) is 5.41 Å². The van der Waals surface area contributed by atoms with E-state index in [4.69, 9.17) is 0 Å². The van der Waals surface area contributed by atoms with Gasteiger partial charge in [-0.1, -0.05) is 172 Å². The second-order valence-electron chi connectivity index (χ2n) is 16.8. The third kappa shape index (κ3) is 4.02. The molecular weight excluding hydrogens is 661 g/mol. The molecule has 10 aromatic rings. The van der Waals surface area contributed by atoms with Crippen molar-refractivity contribution in [2.24, 2.45) is 0 Å². The third-order valence-electron chi connectivity index (χ3n) is 12.9. The Labute approximate surface area is 321 Å². The molecule has 0 nitrogen and oxygen atoms in total. The first kappa shape index (κ1) is 30.9. The summed E-state index contributed by atoms with van der Waals surface area (Å²) in [6, 6.07) is 67.1. The first-order valence-electron chi connectivity index (χ1n) is 19.6. The maximum atomic E-state index is 2.58. The highest BCUT2D eigenvalue weighted by Crippen LogP contribution is 2.63. The van der Waals surface area contributed by atoms with Gasteiger partial charge in [-0.2, -0.15) is 0 Å². The summed E-state index contributed by atoms with van der Waals surface area (Å²) >= 11 is 0. The minimum Gasteiger partial charge on any atom is -0.0619 e. The largest absolute Gasteiger partial charge is 0.0726 e. The summed E-state index contributed by atoms with van der Waals surface area (Å²) in [6.07, 6.45) is 0. The topological polar surface area (TPSA) is 0 Å². The van der Waals surface area contributed by atoms with E-state index in [1.165, 1.54) is 115 Å². The highest BCUT2D eigenvalue weighted by Gasteiger charge is 2.50. The molecule has 0 amide bonds. The molecule has 0 heterocycles. The predicted molar refractivity (Wildman–Crippen MR) is 234 cm³/mol. The fraction of sp³-hybridized carbons (Fsp3) is 0.0909. The van der Waals surface area contributed by atoms with Gasteiger partial charge in [0.15, 0.2) is 0 Å². The zero-order valence-corrected chi connectivity index (χ0v) is 31.2. The van der Waals surface area contributed by atoms with Crippen LogP contribution < -0.4 is 0 Å². The quantitative estimate of drug-likeness (QED) is 0.125. The van der Waals surface area contributed by atoms with Gasteiger partial charge >= 0.3 is 0 Å². The van der Waals surface area contributed by atoms with Crippen LogP contribution in [-0.2, 0) is 10.8 Å². The average Bonchev–Trinajstić information content (AvgIpc) is 3.69. The Bertz CT molecular complexity index is 3250. The number of hydrogen-bond acceptors (Lipinski definition) is 0. The summed E-state index contributed by atoms with van der Waals surface area (Å²) in [5.41, 5.74) is 14.3. The molecule has 0 saturated carbocycles. The van der Waals surface area contributed by atoms with Gasteiger partial charge < -0.3 is 0 Å². The Hall–Kier alpha value is -6.50. The minimum atomic E-state index is -0.402. The van der Waals surface area contributed by atoms with E-state index in [1.54, 1.807) is 0 Å². The molecule has 10 aromatic carbocycles. The van der Waals surface area contributed by atoms with Gasteiger partial charge in [0, 0.05) is 0 Å². The molecule has 12 rings (SSSR count). The van der Waals surface area contributed by atoms with Gasteiger partial charge in [0.2, 0.25) is 0 Å². The number of hydrogen-bond donors (Lipinski definition) is 0. The zero-order chi connectivity index (χ0) is 36.6. The standard InChI is InChI=1S/C55H38/c1-54(2,3)39-27-28-44-45(32-39)50(36-25-23-33-13-4-5-14-35(33)29-36)42-18-6-7-19-43(42)51(44)38-30-37-26-24-34-15-12-22-48-52(34)53(37)49(31-38)55(48)46-20-10-8-16-40(46)41-17-9-11-21-47(41)55/h4-32H,1-3H3. The summed E-state index contributed by atoms with van der Waals surface area (Å²) in [5.74, 6) is 0. The van der Waals surface area contributed by atoms with Crippen LogP contribution in [0.5, 0.6) is 0 Å². The van der Waals surface area contributed by atoms with E-state index in [1.807, 2.05) is 0 Å².